The molecule has 0 fully saturated rings. The van der Waals surface area contributed by atoms with E-state index in [9.17, 15) is 4.79 Å². The molecule has 0 saturated carbocycles. The number of aromatic carboxylic acids is 1. The Morgan fingerprint density at radius 1 is 1.65 bits per heavy atom. The minimum absolute atomic E-state index is 0.102. The van der Waals surface area contributed by atoms with Crippen LogP contribution in [-0.4, -0.2) is 29.1 Å². The molecule has 0 aliphatic carbocycles. The fourth-order valence-corrected chi connectivity index (χ4v) is 1.67. The third-order valence-corrected chi connectivity index (χ3v) is 2.88. The van der Waals surface area contributed by atoms with Crippen molar-refractivity contribution in [3.8, 4) is 0 Å². The van der Waals surface area contributed by atoms with Crippen molar-refractivity contribution >= 4 is 17.5 Å². The third-order valence-electron chi connectivity index (χ3n) is 2.88. The molecule has 1 rings (SSSR count). The predicted molar refractivity (Wildman–Crippen MR) is 68.4 cm³/mol. The fraction of sp³-hybridized carbons (Fsp3) is 0.500. The van der Waals surface area contributed by atoms with E-state index in [4.69, 9.17) is 10.8 Å². The van der Waals surface area contributed by atoms with Gasteiger partial charge in [-0.05, 0) is 19.4 Å². The molecule has 94 valence electrons. The van der Waals surface area contributed by atoms with Crippen LogP contribution in [0, 0.1) is 0 Å². The van der Waals surface area contributed by atoms with Crippen molar-refractivity contribution in [2.75, 3.05) is 17.7 Å². The second kappa shape index (κ2) is 5.52. The summed E-state index contributed by atoms with van der Waals surface area (Å²) in [5.74, 6) is -0.389. The molecule has 1 aromatic heterocycles. The highest BCUT2D eigenvalue weighted by atomic mass is 16.4. The Morgan fingerprint density at radius 2 is 2.29 bits per heavy atom. The lowest BCUT2D eigenvalue weighted by Gasteiger charge is -2.26. The van der Waals surface area contributed by atoms with E-state index in [1.807, 2.05) is 11.9 Å². The highest BCUT2D eigenvalue weighted by Crippen LogP contribution is 2.20. The van der Waals surface area contributed by atoms with Crippen molar-refractivity contribution < 1.29 is 9.90 Å². The van der Waals surface area contributed by atoms with E-state index in [2.05, 4.69) is 18.8 Å². The molecule has 0 radical (unpaired) electrons. The summed E-state index contributed by atoms with van der Waals surface area (Å²) in [6, 6.07) is 1.84. The summed E-state index contributed by atoms with van der Waals surface area (Å²) >= 11 is 0. The molecule has 0 amide bonds. The molecule has 0 bridgehead atoms. The molecule has 0 aliphatic heterocycles. The number of carboxylic acid groups (broad SMARTS) is 1. The van der Waals surface area contributed by atoms with E-state index in [1.54, 1.807) is 0 Å². The number of aromatic nitrogens is 1. The summed E-state index contributed by atoms with van der Waals surface area (Å²) in [7, 11) is 1.91. The monoisotopic (exact) mass is 237 g/mol. The van der Waals surface area contributed by atoms with Gasteiger partial charge in [-0.1, -0.05) is 13.3 Å². The van der Waals surface area contributed by atoms with E-state index in [-0.39, 0.29) is 11.3 Å². The first kappa shape index (κ1) is 13.3. The summed E-state index contributed by atoms with van der Waals surface area (Å²) in [4.78, 5) is 17.1. The van der Waals surface area contributed by atoms with Gasteiger partial charge in [0.05, 0.1) is 17.4 Å². The Labute approximate surface area is 101 Å². The van der Waals surface area contributed by atoms with Crippen LogP contribution in [0.15, 0.2) is 12.3 Å². The number of anilines is 2. The number of hydrogen-bond acceptors (Lipinski definition) is 4. The minimum Gasteiger partial charge on any atom is -0.478 e. The predicted octanol–water partition coefficient (Wildman–Crippen LogP) is 1.99. The fourth-order valence-electron chi connectivity index (χ4n) is 1.67. The van der Waals surface area contributed by atoms with Crippen LogP contribution in [0.5, 0.6) is 0 Å². The second-order valence-electron chi connectivity index (χ2n) is 4.18. The van der Waals surface area contributed by atoms with Gasteiger partial charge >= 0.3 is 5.97 Å². The quantitative estimate of drug-likeness (QED) is 0.818. The number of pyridine rings is 1. The van der Waals surface area contributed by atoms with Crippen molar-refractivity contribution in [2.45, 2.75) is 32.7 Å². The van der Waals surface area contributed by atoms with E-state index in [0.717, 1.165) is 12.8 Å². The van der Waals surface area contributed by atoms with E-state index in [0.29, 0.717) is 11.9 Å². The molecule has 0 saturated heterocycles. The van der Waals surface area contributed by atoms with Crippen LogP contribution in [0.4, 0.5) is 11.5 Å². The van der Waals surface area contributed by atoms with Crippen LogP contribution < -0.4 is 10.6 Å². The summed E-state index contributed by atoms with van der Waals surface area (Å²) in [5.41, 5.74) is 5.86. The maximum atomic E-state index is 11.0. The number of carbonyl (C=O) groups is 1. The van der Waals surface area contributed by atoms with Gasteiger partial charge in [-0.25, -0.2) is 9.78 Å². The molecular weight excluding hydrogens is 218 g/mol. The summed E-state index contributed by atoms with van der Waals surface area (Å²) in [5, 5.41) is 8.99. The van der Waals surface area contributed by atoms with Gasteiger partial charge in [0.2, 0.25) is 0 Å². The van der Waals surface area contributed by atoms with Gasteiger partial charge < -0.3 is 15.7 Å². The zero-order chi connectivity index (χ0) is 13.0. The maximum absolute atomic E-state index is 11.0. The molecule has 0 aromatic carbocycles. The largest absolute Gasteiger partial charge is 0.478 e. The number of nitrogens with two attached hydrogens (primary N) is 1. The zero-order valence-corrected chi connectivity index (χ0v) is 10.5. The van der Waals surface area contributed by atoms with E-state index >= 15 is 0 Å². The van der Waals surface area contributed by atoms with Crippen LogP contribution in [0.2, 0.25) is 0 Å². The Kier molecular flexibility index (Phi) is 4.31. The molecule has 1 unspecified atom stereocenters. The molecule has 0 aliphatic rings. The normalized spacial score (nSPS) is 12.2. The van der Waals surface area contributed by atoms with Gasteiger partial charge in [-0.15, -0.1) is 0 Å². The average Bonchev–Trinajstić information content (AvgIpc) is 2.28. The van der Waals surface area contributed by atoms with Gasteiger partial charge in [-0.2, -0.15) is 0 Å². The molecular formula is C12H19N3O2. The number of carboxylic acids is 1. The molecule has 3 N–H and O–H groups in total. The van der Waals surface area contributed by atoms with Crippen LogP contribution in [-0.2, 0) is 0 Å². The lowest BCUT2D eigenvalue weighted by Crippen LogP contribution is -2.29. The molecule has 1 heterocycles. The SMILES string of the molecule is CCCC(C)N(C)c1cc(C(=O)O)c(N)cn1. The zero-order valence-electron chi connectivity index (χ0n) is 10.5. The Bertz CT molecular complexity index is 407. The van der Waals surface area contributed by atoms with Crippen LogP contribution >= 0.6 is 0 Å². The lowest BCUT2D eigenvalue weighted by molar-refractivity contribution is 0.0698. The first-order valence-corrected chi connectivity index (χ1v) is 5.69. The Balaban J connectivity index is 2.99. The first-order chi connectivity index (χ1) is 7.97. The standard InChI is InChI=1S/C12H19N3O2/c1-4-5-8(2)15(3)11-6-9(12(16)17)10(13)7-14-11/h6-8H,4-5,13H2,1-3H3,(H,16,17). The van der Waals surface area contributed by atoms with Crippen molar-refractivity contribution in [3.63, 3.8) is 0 Å². The Hall–Kier alpha value is -1.78. The van der Waals surface area contributed by atoms with Gasteiger partial charge in [0, 0.05) is 13.1 Å². The number of nitrogens with zero attached hydrogens (tertiary/aromatic N) is 2. The molecule has 5 heteroatoms. The van der Waals surface area contributed by atoms with Crippen molar-refractivity contribution in [1.82, 2.24) is 4.98 Å². The van der Waals surface area contributed by atoms with Crippen molar-refractivity contribution in [3.05, 3.63) is 17.8 Å². The number of nitrogen functional groups attached to an aromatic ring is 1. The molecule has 1 atom stereocenters. The third kappa shape index (κ3) is 3.09. The highest BCUT2D eigenvalue weighted by Gasteiger charge is 2.14. The van der Waals surface area contributed by atoms with Gasteiger partial charge in [0.15, 0.2) is 0 Å². The summed E-state index contributed by atoms with van der Waals surface area (Å²) in [6.45, 7) is 4.20. The van der Waals surface area contributed by atoms with Crippen LogP contribution in [0.3, 0.4) is 0 Å². The lowest BCUT2D eigenvalue weighted by atomic mass is 10.1. The molecule has 1 aromatic rings. The van der Waals surface area contributed by atoms with Crippen LogP contribution in [0.1, 0.15) is 37.0 Å². The average molecular weight is 237 g/mol. The summed E-state index contributed by atoms with van der Waals surface area (Å²) in [6.07, 6.45) is 3.51. The topological polar surface area (TPSA) is 79.5 Å². The smallest absolute Gasteiger partial charge is 0.337 e. The number of rotatable bonds is 5. The molecule has 0 spiro atoms. The van der Waals surface area contributed by atoms with Crippen molar-refractivity contribution in [2.24, 2.45) is 0 Å². The van der Waals surface area contributed by atoms with E-state index in [1.165, 1.54) is 12.3 Å². The van der Waals surface area contributed by atoms with Gasteiger partial charge in [-0.3, -0.25) is 0 Å². The van der Waals surface area contributed by atoms with Gasteiger partial charge in [0.1, 0.15) is 5.82 Å². The van der Waals surface area contributed by atoms with E-state index < -0.39 is 5.97 Å². The minimum atomic E-state index is -1.03. The molecule has 5 nitrogen and oxygen atoms in total. The number of hydrogen-bond donors (Lipinski definition) is 2. The Morgan fingerprint density at radius 3 is 2.82 bits per heavy atom. The second-order valence-corrected chi connectivity index (χ2v) is 4.18. The summed E-state index contributed by atoms with van der Waals surface area (Å²) < 4.78 is 0. The van der Waals surface area contributed by atoms with Crippen LogP contribution in [0.25, 0.3) is 0 Å². The first-order valence-electron chi connectivity index (χ1n) is 5.69. The highest BCUT2D eigenvalue weighted by molar-refractivity contribution is 5.94. The molecule has 17 heavy (non-hydrogen) atoms. The van der Waals surface area contributed by atoms with Crippen molar-refractivity contribution in [1.29, 1.82) is 0 Å². The maximum Gasteiger partial charge on any atom is 0.337 e. The van der Waals surface area contributed by atoms with Gasteiger partial charge in [0.25, 0.3) is 0 Å².